The molecule has 136 valence electrons. The second-order valence-electron chi connectivity index (χ2n) is 6.37. The van der Waals surface area contributed by atoms with Crippen LogP contribution in [-0.2, 0) is 36.8 Å². The van der Waals surface area contributed by atoms with Crippen molar-refractivity contribution in [3.05, 3.63) is 41.1 Å². The molecule has 2 aromatic rings. The van der Waals surface area contributed by atoms with Gasteiger partial charge in [-0.1, -0.05) is 0 Å². The summed E-state index contributed by atoms with van der Waals surface area (Å²) in [5.74, 6) is 0.499. The number of carbonyl (C=O) groups excluding carboxylic acids is 1. The zero-order valence-corrected chi connectivity index (χ0v) is 13.9. The molecule has 3 rings (SSSR count). The first-order valence-electron chi connectivity index (χ1n) is 8.32. The largest absolute Gasteiger partial charge is 0.469 e. The Hall–Kier alpha value is -2.25. The van der Waals surface area contributed by atoms with Crippen LogP contribution < -0.4 is 5.32 Å². The topological polar surface area (TPSA) is 60.1 Å². The predicted octanol–water partition coefficient (Wildman–Crippen LogP) is 3.12. The molecule has 0 saturated carbocycles. The molecule has 0 aliphatic heterocycles. The van der Waals surface area contributed by atoms with Gasteiger partial charge >= 0.3 is 6.18 Å². The molecular formula is C17H20F3N3O2. The van der Waals surface area contributed by atoms with Gasteiger partial charge in [0.25, 0.3) is 0 Å². The van der Waals surface area contributed by atoms with Crippen LogP contribution in [0, 0.1) is 0 Å². The van der Waals surface area contributed by atoms with Crippen LogP contribution in [0.1, 0.15) is 42.5 Å². The zero-order chi connectivity index (χ0) is 18.0. The van der Waals surface area contributed by atoms with Crippen molar-refractivity contribution in [3.8, 4) is 0 Å². The number of fused-ring (bicyclic) bond motifs is 1. The number of hydrogen-bond acceptors (Lipinski definition) is 3. The van der Waals surface area contributed by atoms with E-state index in [1.807, 2.05) is 13.0 Å². The Bertz CT molecular complexity index is 735. The fraction of sp³-hybridized carbons (Fsp3) is 0.529. The fourth-order valence-electron chi connectivity index (χ4n) is 3.21. The summed E-state index contributed by atoms with van der Waals surface area (Å²) >= 11 is 0. The minimum atomic E-state index is -4.48. The highest BCUT2D eigenvalue weighted by molar-refractivity contribution is 5.76. The highest BCUT2D eigenvalue weighted by atomic mass is 19.4. The van der Waals surface area contributed by atoms with Crippen molar-refractivity contribution in [1.82, 2.24) is 15.1 Å². The molecule has 1 unspecified atom stereocenters. The number of nitrogens with one attached hydrogen (secondary N) is 1. The molecule has 0 aromatic carbocycles. The molecule has 1 amide bonds. The highest BCUT2D eigenvalue weighted by Gasteiger charge is 2.40. The minimum Gasteiger partial charge on any atom is -0.469 e. The first kappa shape index (κ1) is 17.6. The molecule has 8 heteroatoms. The molecule has 0 saturated heterocycles. The third kappa shape index (κ3) is 4.05. The third-order valence-electron chi connectivity index (χ3n) is 4.38. The van der Waals surface area contributed by atoms with E-state index in [1.54, 1.807) is 12.3 Å². The maximum Gasteiger partial charge on any atom is 0.435 e. The van der Waals surface area contributed by atoms with Crippen molar-refractivity contribution in [2.24, 2.45) is 0 Å². The molecule has 1 N–H and O–H groups in total. The summed E-state index contributed by atoms with van der Waals surface area (Å²) in [5.41, 5.74) is -0.0736. The molecule has 0 bridgehead atoms. The number of furan rings is 1. The number of alkyl halides is 3. The number of halogens is 3. The van der Waals surface area contributed by atoms with Gasteiger partial charge in [-0.25, -0.2) is 0 Å². The van der Waals surface area contributed by atoms with Crippen LogP contribution in [0.3, 0.4) is 0 Å². The molecule has 1 aliphatic rings. The van der Waals surface area contributed by atoms with Gasteiger partial charge < -0.3 is 9.73 Å². The Labute approximate surface area is 143 Å². The summed E-state index contributed by atoms with van der Waals surface area (Å²) in [6, 6.07) is 3.55. The summed E-state index contributed by atoms with van der Waals surface area (Å²) in [4.78, 5) is 12.2. The molecule has 2 heterocycles. The first-order valence-corrected chi connectivity index (χ1v) is 8.32. The van der Waals surface area contributed by atoms with Crippen molar-refractivity contribution in [2.45, 2.75) is 57.8 Å². The molecular weight excluding hydrogens is 335 g/mol. The molecule has 0 fully saturated rings. The quantitative estimate of drug-likeness (QED) is 0.866. The van der Waals surface area contributed by atoms with E-state index in [9.17, 15) is 18.0 Å². The van der Waals surface area contributed by atoms with Crippen LogP contribution in [0.2, 0.25) is 0 Å². The predicted molar refractivity (Wildman–Crippen MR) is 83.9 cm³/mol. The fourth-order valence-corrected chi connectivity index (χ4v) is 3.21. The Morgan fingerprint density at radius 2 is 2.24 bits per heavy atom. The summed E-state index contributed by atoms with van der Waals surface area (Å²) in [6.07, 6.45) is 0.0399. The summed E-state index contributed by atoms with van der Waals surface area (Å²) in [5, 5.41) is 6.46. The second kappa shape index (κ2) is 6.93. The number of amides is 1. The average molecular weight is 355 g/mol. The lowest BCUT2D eigenvalue weighted by Crippen LogP contribution is -2.36. The van der Waals surface area contributed by atoms with Crippen molar-refractivity contribution in [1.29, 1.82) is 0 Å². The SMILES string of the molecule is CC(CCc1ccco1)NC(=O)Cn1nc(C(F)(F)F)c2c1CCC2. The van der Waals surface area contributed by atoms with Gasteiger partial charge in [0, 0.05) is 23.7 Å². The van der Waals surface area contributed by atoms with Crippen molar-refractivity contribution >= 4 is 5.91 Å². The lowest BCUT2D eigenvalue weighted by molar-refractivity contribution is -0.142. The number of aromatic nitrogens is 2. The van der Waals surface area contributed by atoms with E-state index in [1.165, 1.54) is 4.68 Å². The Balaban J connectivity index is 1.59. The van der Waals surface area contributed by atoms with E-state index < -0.39 is 11.9 Å². The average Bonchev–Trinajstić information content (AvgIpc) is 3.22. The second-order valence-corrected chi connectivity index (χ2v) is 6.37. The van der Waals surface area contributed by atoms with Crippen LogP contribution in [0.15, 0.2) is 22.8 Å². The van der Waals surface area contributed by atoms with Crippen molar-refractivity contribution < 1.29 is 22.4 Å². The minimum absolute atomic E-state index is 0.108. The van der Waals surface area contributed by atoms with Gasteiger partial charge in [-0.05, 0) is 44.7 Å². The lowest BCUT2D eigenvalue weighted by atomic mass is 10.1. The van der Waals surface area contributed by atoms with Gasteiger partial charge in [-0.2, -0.15) is 18.3 Å². The maximum absolute atomic E-state index is 13.1. The van der Waals surface area contributed by atoms with Crippen molar-refractivity contribution in [3.63, 3.8) is 0 Å². The monoisotopic (exact) mass is 355 g/mol. The highest BCUT2D eigenvalue weighted by Crippen LogP contribution is 2.36. The van der Waals surface area contributed by atoms with Gasteiger partial charge in [-0.15, -0.1) is 0 Å². The number of nitrogens with zero attached hydrogens (tertiary/aromatic N) is 2. The van der Waals surface area contributed by atoms with E-state index in [0.29, 0.717) is 37.8 Å². The molecule has 25 heavy (non-hydrogen) atoms. The van der Waals surface area contributed by atoms with E-state index in [4.69, 9.17) is 4.42 Å². The van der Waals surface area contributed by atoms with Crippen LogP contribution in [0.25, 0.3) is 0 Å². The van der Waals surface area contributed by atoms with Gasteiger partial charge in [-0.3, -0.25) is 9.48 Å². The van der Waals surface area contributed by atoms with Crippen LogP contribution in [0.5, 0.6) is 0 Å². The molecule has 5 nitrogen and oxygen atoms in total. The van der Waals surface area contributed by atoms with E-state index >= 15 is 0 Å². The van der Waals surface area contributed by atoms with Gasteiger partial charge in [0.2, 0.25) is 5.91 Å². The van der Waals surface area contributed by atoms with E-state index in [2.05, 4.69) is 10.4 Å². The van der Waals surface area contributed by atoms with Crippen LogP contribution in [0.4, 0.5) is 13.2 Å². The molecule has 0 spiro atoms. The van der Waals surface area contributed by atoms with E-state index in [-0.39, 0.29) is 24.1 Å². The number of rotatable bonds is 6. The summed E-state index contributed by atoms with van der Waals surface area (Å²) in [7, 11) is 0. The molecule has 1 aliphatic carbocycles. The number of carbonyl (C=O) groups is 1. The van der Waals surface area contributed by atoms with Crippen molar-refractivity contribution in [2.75, 3.05) is 0 Å². The molecule has 1 atom stereocenters. The van der Waals surface area contributed by atoms with Crippen LogP contribution in [-0.4, -0.2) is 21.7 Å². The van der Waals surface area contributed by atoms with Gasteiger partial charge in [0.15, 0.2) is 5.69 Å². The molecule has 2 aromatic heterocycles. The van der Waals surface area contributed by atoms with Crippen LogP contribution >= 0.6 is 0 Å². The third-order valence-corrected chi connectivity index (χ3v) is 4.38. The molecule has 0 radical (unpaired) electrons. The summed E-state index contributed by atoms with van der Waals surface area (Å²) < 4.78 is 45.6. The summed E-state index contributed by atoms with van der Waals surface area (Å²) in [6.45, 7) is 1.67. The Morgan fingerprint density at radius 3 is 2.92 bits per heavy atom. The Kier molecular flexibility index (Phi) is 4.87. The number of hydrogen-bond donors (Lipinski definition) is 1. The van der Waals surface area contributed by atoms with Gasteiger partial charge in [0.05, 0.1) is 6.26 Å². The first-order chi connectivity index (χ1) is 11.8. The maximum atomic E-state index is 13.1. The standard InChI is InChI=1S/C17H20F3N3O2/c1-11(7-8-12-4-3-9-25-12)21-15(24)10-23-14-6-2-5-13(14)16(22-23)17(18,19)20/h3-4,9,11H,2,5-8,10H2,1H3,(H,21,24). The lowest BCUT2D eigenvalue weighted by Gasteiger charge is -2.14. The smallest absolute Gasteiger partial charge is 0.435 e. The van der Waals surface area contributed by atoms with Gasteiger partial charge in [0.1, 0.15) is 12.3 Å². The number of aryl methyl sites for hydroxylation is 1. The zero-order valence-electron chi connectivity index (χ0n) is 13.9. The Morgan fingerprint density at radius 1 is 1.44 bits per heavy atom. The van der Waals surface area contributed by atoms with E-state index in [0.717, 1.165) is 5.76 Å². The normalized spacial score (nSPS) is 15.2.